The number of hydrogen-bond donors (Lipinski definition) is 1. The van der Waals surface area contributed by atoms with Crippen molar-refractivity contribution in [1.29, 1.82) is 0 Å². The molecule has 0 aliphatic carbocycles. The number of benzene rings is 1. The molecule has 1 fully saturated rings. The molecule has 0 bridgehead atoms. The lowest BCUT2D eigenvalue weighted by Crippen LogP contribution is -2.41. The zero-order valence-corrected chi connectivity index (χ0v) is 12.9. The number of hydrogen-bond acceptors (Lipinski definition) is 5. The van der Waals surface area contributed by atoms with Gasteiger partial charge in [-0.05, 0) is 18.2 Å². The number of carbonyl (C=O) groups excluding carboxylic acids is 1. The van der Waals surface area contributed by atoms with E-state index in [9.17, 15) is 4.79 Å². The maximum atomic E-state index is 11.8. The van der Waals surface area contributed by atoms with Crippen LogP contribution in [0.2, 0.25) is 0 Å². The summed E-state index contributed by atoms with van der Waals surface area (Å²) in [5, 5.41) is 2.88. The first-order valence-electron chi connectivity index (χ1n) is 7.79. The van der Waals surface area contributed by atoms with Gasteiger partial charge in [0.15, 0.2) is 0 Å². The van der Waals surface area contributed by atoms with Gasteiger partial charge >= 0.3 is 0 Å². The number of morpholine rings is 1. The largest absolute Gasteiger partial charge is 0.379 e. The molecule has 1 amide bonds. The summed E-state index contributed by atoms with van der Waals surface area (Å²) >= 11 is 0. The third-order valence-electron chi connectivity index (χ3n) is 3.70. The van der Waals surface area contributed by atoms with E-state index in [1.54, 1.807) is 12.3 Å². The van der Waals surface area contributed by atoms with E-state index >= 15 is 0 Å². The zero-order valence-electron chi connectivity index (χ0n) is 12.9. The van der Waals surface area contributed by atoms with Crippen LogP contribution in [0.5, 0.6) is 0 Å². The number of aromatic nitrogens is 2. The van der Waals surface area contributed by atoms with E-state index in [1.165, 1.54) is 6.08 Å². The monoisotopic (exact) mass is 312 g/mol. The molecule has 0 saturated carbocycles. The van der Waals surface area contributed by atoms with Crippen LogP contribution in [0.1, 0.15) is 5.69 Å². The van der Waals surface area contributed by atoms with E-state index in [4.69, 9.17) is 4.74 Å². The van der Waals surface area contributed by atoms with Gasteiger partial charge in [-0.25, -0.2) is 4.98 Å². The standard InChI is InChI=1S/C17H20N4O2/c22-17(18-7-8-21-9-11-23-12-10-21)6-5-14-13-19-15-3-1-2-4-16(15)20-14/h1-6,13H,7-12H2,(H,18,22)/b6-5+. The first kappa shape index (κ1) is 15.6. The molecule has 1 aromatic carbocycles. The molecule has 6 heteroatoms. The number of ether oxygens (including phenoxy) is 1. The van der Waals surface area contributed by atoms with Crippen molar-refractivity contribution in [2.75, 3.05) is 39.4 Å². The fourth-order valence-corrected chi connectivity index (χ4v) is 2.43. The molecule has 0 unspecified atom stereocenters. The van der Waals surface area contributed by atoms with Crippen LogP contribution in [0, 0.1) is 0 Å². The smallest absolute Gasteiger partial charge is 0.244 e. The van der Waals surface area contributed by atoms with E-state index in [2.05, 4.69) is 20.2 Å². The minimum Gasteiger partial charge on any atom is -0.379 e. The molecule has 2 aromatic rings. The molecule has 2 heterocycles. The summed E-state index contributed by atoms with van der Waals surface area (Å²) < 4.78 is 5.29. The van der Waals surface area contributed by atoms with Gasteiger partial charge in [-0.3, -0.25) is 14.7 Å². The van der Waals surface area contributed by atoms with Crippen LogP contribution in [-0.4, -0.2) is 60.2 Å². The van der Waals surface area contributed by atoms with Crippen molar-refractivity contribution in [2.45, 2.75) is 0 Å². The number of rotatable bonds is 5. The number of carbonyl (C=O) groups is 1. The lowest BCUT2D eigenvalue weighted by molar-refractivity contribution is -0.116. The molecule has 1 N–H and O–H groups in total. The molecule has 120 valence electrons. The SMILES string of the molecule is O=C(/C=C/c1cnc2ccccc2n1)NCCN1CCOCC1. The van der Waals surface area contributed by atoms with Gasteiger partial charge in [0.1, 0.15) is 0 Å². The summed E-state index contributed by atoms with van der Waals surface area (Å²) in [6, 6.07) is 7.66. The number of nitrogens with one attached hydrogen (secondary N) is 1. The maximum absolute atomic E-state index is 11.8. The summed E-state index contributed by atoms with van der Waals surface area (Å²) in [5.41, 5.74) is 2.34. The minimum absolute atomic E-state index is 0.117. The highest BCUT2D eigenvalue weighted by atomic mass is 16.5. The van der Waals surface area contributed by atoms with Crippen molar-refractivity contribution in [3.05, 3.63) is 42.2 Å². The Balaban J connectivity index is 1.48. The summed E-state index contributed by atoms with van der Waals surface area (Å²) in [6.07, 6.45) is 4.85. The second-order valence-corrected chi connectivity index (χ2v) is 5.36. The van der Waals surface area contributed by atoms with Crippen molar-refractivity contribution in [3.8, 4) is 0 Å². The normalized spacial score (nSPS) is 16.0. The average molecular weight is 312 g/mol. The lowest BCUT2D eigenvalue weighted by Gasteiger charge is -2.26. The molecule has 1 aliphatic heterocycles. The van der Waals surface area contributed by atoms with Crippen LogP contribution in [0.4, 0.5) is 0 Å². The quantitative estimate of drug-likeness (QED) is 0.837. The minimum atomic E-state index is -0.117. The van der Waals surface area contributed by atoms with Crippen molar-refractivity contribution >= 4 is 23.0 Å². The molecule has 0 atom stereocenters. The van der Waals surface area contributed by atoms with Crippen LogP contribution < -0.4 is 5.32 Å². The van der Waals surface area contributed by atoms with Gasteiger partial charge in [-0.15, -0.1) is 0 Å². The Morgan fingerprint density at radius 2 is 2.04 bits per heavy atom. The average Bonchev–Trinajstić information content (AvgIpc) is 2.61. The first-order chi connectivity index (χ1) is 11.3. The fourth-order valence-electron chi connectivity index (χ4n) is 2.43. The summed E-state index contributed by atoms with van der Waals surface area (Å²) in [7, 11) is 0. The highest BCUT2D eigenvalue weighted by molar-refractivity contribution is 5.91. The van der Waals surface area contributed by atoms with Gasteiger partial charge in [0, 0.05) is 32.3 Å². The Morgan fingerprint density at radius 3 is 2.87 bits per heavy atom. The molecule has 6 nitrogen and oxygen atoms in total. The van der Waals surface area contributed by atoms with E-state index in [0.717, 1.165) is 43.9 Å². The van der Waals surface area contributed by atoms with E-state index in [0.29, 0.717) is 12.2 Å². The predicted octanol–water partition coefficient (Wildman–Crippen LogP) is 1.09. The molecule has 0 radical (unpaired) electrons. The van der Waals surface area contributed by atoms with Crippen molar-refractivity contribution in [1.82, 2.24) is 20.2 Å². The van der Waals surface area contributed by atoms with Crippen molar-refractivity contribution < 1.29 is 9.53 Å². The fraction of sp³-hybridized carbons (Fsp3) is 0.353. The number of para-hydroxylation sites is 2. The summed E-state index contributed by atoms with van der Waals surface area (Å²) in [6.45, 7) is 4.88. The molecule has 0 spiro atoms. The molecule has 1 aliphatic rings. The lowest BCUT2D eigenvalue weighted by atomic mass is 10.3. The Morgan fingerprint density at radius 1 is 1.26 bits per heavy atom. The summed E-state index contributed by atoms with van der Waals surface area (Å²) in [5.74, 6) is -0.117. The van der Waals surface area contributed by atoms with Crippen molar-refractivity contribution in [3.63, 3.8) is 0 Å². The van der Waals surface area contributed by atoms with Gasteiger partial charge < -0.3 is 10.1 Å². The van der Waals surface area contributed by atoms with Crippen LogP contribution in [0.25, 0.3) is 17.1 Å². The zero-order chi connectivity index (χ0) is 15.9. The maximum Gasteiger partial charge on any atom is 0.244 e. The Kier molecular flexibility index (Phi) is 5.29. The second-order valence-electron chi connectivity index (χ2n) is 5.36. The Labute approximate surface area is 135 Å². The molecular formula is C17H20N4O2. The van der Waals surface area contributed by atoms with Gasteiger partial charge in [0.05, 0.1) is 36.1 Å². The van der Waals surface area contributed by atoms with E-state index in [1.807, 2.05) is 24.3 Å². The highest BCUT2D eigenvalue weighted by Crippen LogP contribution is 2.09. The van der Waals surface area contributed by atoms with Crippen LogP contribution in [0.15, 0.2) is 36.5 Å². The van der Waals surface area contributed by atoms with Gasteiger partial charge in [-0.2, -0.15) is 0 Å². The van der Waals surface area contributed by atoms with Crippen LogP contribution in [-0.2, 0) is 9.53 Å². The Bertz CT molecular complexity index is 696. The molecule has 1 saturated heterocycles. The highest BCUT2D eigenvalue weighted by Gasteiger charge is 2.09. The van der Waals surface area contributed by atoms with Gasteiger partial charge in [-0.1, -0.05) is 12.1 Å². The number of amides is 1. The van der Waals surface area contributed by atoms with Gasteiger partial charge in [0.25, 0.3) is 0 Å². The topological polar surface area (TPSA) is 67.4 Å². The van der Waals surface area contributed by atoms with Crippen LogP contribution in [0.3, 0.4) is 0 Å². The second kappa shape index (κ2) is 7.80. The van der Waals surface area contributed by atoms with E-state index in [-0.39, 0.29) is 5.91 Å². The van der Waals surface area contributed by atoms with E-state index < -0.39 is 0 Å². The first-order valence-corrected chi connectivity index (χ1v) is 7.79. The Hall–Kier alpha value is -2.31. The predicted molar refractivity (Wildman–Crippen MR) is 88.8 cm³/mol. The van der Waals surface area contributed by atoms with Gasteiger partial charge in [0.2, 0.25) is 5.91 Å². The summed E-state index contributed by atoms with van der Waals surface area (Å²) in [4.78, 5) is 22.9. The third-order valence-corrected chi connectivity index (χ3v) is 3.70. The number of nitrogens with zero attached hydrogens (tertiary/aromatic N) is 3. The third kappa shape index (κ3) is 4.58. The molecular weight excluding hydrogens is 292 g/mol. The van der Waals surface area contributed by atoms with Crippen LogP contribution >= 0.6 is 0 Å². The molecule has 1 aromatic heterocycles. The number of fused-ring (bicyclic) bond motifs is 1. The van der Waals surface area contributed by atoms with Crippen molar-refractivity contribution in [2.24, 2.45) is 0 Å². The molecule has 23 heavy (non-hydrogen) atoms. The molecule has 3 rings (SSSR count).